The molecule has 0 aliphatic carbocycles. The summed E-state index contributed by atoms with van der Waals surface area (Å²) in [5.41, 5.74) is 3.41. The van der Waals surface area contributed by atoms with Crippen molar-refractivity contribution >= 4 is 0 Å². The maximum Gasteiger partial charge on any atom is 0.128 e. The van der Waals surface area contributed by atoms with Crippen molar-refractivity contribution in [2.45, 2.75) is 6.04 Å². The first kappa shape index (κ1) is 8.86. The van der Waals surface area contributed by atoms with E-state index in [1.165, 1.54) is 6.33 Å². The zero-order chi connectivity index (χ0) is 9.80. The number of nitrogens with two attached hydrogens (primary N) is 1. The molecule has 2 aromatic heterocycles. The van der Waals surface area contributed by atoms with Gasteiger partial charge in [0, 0.05) is 6.20 Å². The van der Waals surface area contributed by atoms with Crippen molar-refractivity contribution in [3.63, 3.8) is 0 Å². The van der Waals surface area contributed by atoms with Gasteiger partial charge in [-0.1, -0.05) is 0 Å². The van der Waals surface area contributed by atoms with Gasteiger partial charge in [-0.05, 0) is 18.2 Å². The van der Waals surface area contributed by atoms with Gasteiger partial charge < -0.3 is 4.42 Å². The fraction of sp³-hybridized carbons (Fsp3) is 0.111. The van der Waals surface area contributed by atoms with Crippen molar-refractivity contribution in [1.29, 1.82) is 0 Å². The molecule has 5 nitrogen and oxygen atoms in total. The van der Waals surface area contributed by atoms with Gasteiger partial charge >= 0.3 is 0 Å². The molecule has 0 amide bonds. The van der Waals surface area contributed by atoms with Crippen molar-refractivity contribution in [3.05, 3.63) is 48.4 Å². The van der Waals surface area contributed by atoms with Crippen molar-refractivity contribution in [2.24, 2.45) is 5.84 Å². The molecule has 0 fully saturated rings. The van der Waals surface area contributed by atoms with Gasteiger partial charge in [0.15, 0.2) is 0 Å². The molecule has 0 radical (unpaired) electrons. The minimum Gasteiger partial charge on any atom is -0.467 e. The largest absolute Gasteiger partial charge is 0.467 e. The molecule has 1 atom stereocenters. The molecule has 0 aliphatic heterocycles. The molecule has 1 unspecified atom stereocenters. The Labute approximate surface area is 80.9 Å². The molecule has 0 saturated heterocycles. The maximum absolute atomic E-state index is 5.43. The van der Waals surface area contributed by atoms with Crippen LogP contribution in [0.5, 0.6) is 0 Å². The molecule has 72 valence electrons. The van der Waals surface area contributed by atoms with E-state index in [0.29, 0.717) is 0 Å². The van der Waals surface area contributed by atoms with Crippen molar-refractivity contribution < 1.29 is 4.42 Å². The van der Waals surface area contributed by atoms with Gasteiger partial charge in [0.25, 0.3) is 0 Å². The Balaban J connectivity index is 2.31. The zero-order valence-electron chi connectivity index (χ0n) is 7.42. The van der Waals surface area contributed by atoms with Crippen molar-refractivity contribution in [1.82, 2.24) is 15.4 Å². The summed E-state index contributed by atoms with van der Waals surface area (Å²) < 4.78 is 5.24. The topological polar surface area (TPSA) is 77.0 Å². The lowest BCUT2D eigenvalue weighted by atomic mass is 10.1. The maximum atomic E-state index is 5.43. The minimum absolute atomic E-state index is 0.229. The Kier molecular flexibility index (Phi) is 2.53. The van der Waals surface area contributed by atoms with Gasteiger partial charge in [0.05, 0.1) is 12.0 Å². The van der Waals surface area contributed by atoms with Gasteiger partial charge in [0.1, 0.15) is 18.1 Å². The first-order valence-electron chi connectivity index (χ1n) is 4.17. The number of rotatable bonds is 3. The second-order valence-corrected chi connectivity index (χ2v) is 2.75. The number of aromatic nitrogens is 2. The molecule has 5 heteroatoms. The molecule has 2 rings (SSSR count). The van der Waals surface area contributed by atoms with E-state index < -0.39 is 0 Å². The summed E-state index contributed by atoms with van der Waals surface area (Å²) in [6, 6.07) is 5.20. The lowest BCUT2D eigenvalue weighted by Crippen LogP contribution is -2.29. The van der Waals surface area contributed by atoms with E-state index in [-0.39, 0.29) is 6.04 Å². The number of furan rings is 1. The highest BCUT2D eigenvalue weighted by Gasteiger charge is 2.15. The Morgan fingerprint density at radius 3 is 2.93 bits per heavy atom. The Morgan fingerprint density at radius 2 is 2.36 bits per heavy atom. The number of hydrazine groups is 1. The summed E-state index contributed by atoms with van der Waals surface area (Å²) in [4.78, 5) is 7.93. The number of nitrogens with zero attached hydrogens (tertiary/aromatic N) is 2. The van der Waals surface area contributed by atoms with Crippen molar-refractivity contribution in [3.8, 4) is 0 Å². The van der Waals surface area contributed by atoms with Crippen LogP contribution >= 0.6 is 0 Å². The van der Waals surface area contributed by atoms with Crippen molar-refractivity contribution in [2.75, 3.05) is 0 Å². The van der Waals surface area contributed by atoms with Gasteiger partial charge in [-0.3, -0.25) is 5.84 Å². The second kappa shape index (κ2) is 3.99. The summed E-state index contributed by atoms with van der Waals surface area (Å²) in [5.74, 6) is 6.15. The third kappa shape index (κ3) is 1.63. The van der Waals surface area contributed by atoms with Crippen LogP contribution in [0.15, 0.2) is 41.4 Å². The third-order valence-electron chi connectivity index (χ3n) is 1.89. The molecule has 2 aromatic rings. The standard InChI is InChI=1S/C9H10N4O/c10-13-9(8-2-1-5-14-8)7-3-4-11-6-12-7/h1-6,9,13H,10H2. The van der Waals surface area contributed by atoms with Crippen LogP contribution in [0.3, 0.4) is 0 Å². The molecular formula is C9H10N4O. The predicted molar refractivity (Wildman–Crippen MR) is 49.9 cm³/mol. The monoisotopic (exact) mass is 190 g/mol. The lowest BCUT2D eigenvalue weighted by molar-refractivity contribution is 0.447. The second-order valence-electron chi connectivity index (χ2n) is 2.75. The highest BCUT2D eigenvalue weighted by atomic mass is 16.3. The van der Waals surface area contributed by atoms with E-state index >= 15 is 0 Å². The molecule has 0 aromatic carbocycles. The number of hydrogen-bond donors (Lipinski definition) is 2. The summed E-state index contributed by atoms with van der Waals surface area (Å²) in [7, 11) is 0. The average Bonchev–Trinajstić information content (AvgIpc) is 2.74. The fourth-order valence-corrected chi connectivity index (χ4v) is 1.24. The molecule has 14 heavy (non-hydrogen) atoms. The van der Waals surface area contributed by atoms with Gasteiger partial charge in [0.2, 0.25) is 0 Å². The average molecular weight is 190 g/mol. The van der Waals surface area contributed by atoms with E-state index in [9.17, 15) is 0 Å². The van der Waals surface area contributed by atoms with E-state index in [1.54, 1.807) is 24.6 Å². The van der Waals surface area contributed by atoms with E-state index in [1.807, 2.05) is 6.07 Å². The minimum atomic E-state index is -0.229. The van der Waals surface area contributed by atoms with Crippen LogP contribution in [-0.2, 0) is 0 Å². The summed E-state index contributed by atoms with van der Waals surface area (Å²) in [5, 5.41) is 0. The summed E-state index contributed by atoms with van der Waals surface area (Å²) in [6.07, 6.45) is 4.74. The molecule has 0 aliphatic rings. The predicted octanol–water partition coefficient (Wildman–Crippen LogP) is 0.622. The molecule has 3 N–H and O–H groups in total. The summed E-state index contributed by atoms with van der Waals surface area (Å²) >= 11 is 0. The van der Waals surface area contributed by atoms with Crippen LogP contribution in [0, 0.1) is 0 Å². The van der Waals surface area contributed by atoms with Crippen LogP contribution in [-0.4, -0.2) is 9.97 Å². The van der Waals surface area contributed by atoms with Gasteiger partial charge in [-0.25, -0.2) is 15.4 Å². The van der Waals surface area contributed by atoms with Gasteiger partial charge in [-0.2, -0.15) is 0 Å². The van der Waals surface area contributed by atoms with Crippen LogP contribution in [0.2, 0.25) is 0 Å². The highest BCUT2D eigenvalue weighted by Crippen LogP contribution is 2.18. The van der Waals surface area contributed by atoms with Crippen LogP contribution in [0.1, 0.15) is 17.5 Å². The quantitative estimate of drug-likeness (QED) is 0.548. The van der Waals surface area contributed by atoms with Crippen LogP contribution in [0.25, 0.3) is 0 Å². The first-order chi connectivity index (χ1) is 6.92. The fourth-order valence-electron chi connectivity index (χ4n) is 1.24. The molecule has 0 saturated carbocycles. The lowest BCUT2D eigenvalue weighted by Gasteiger charge is -2.11. The van der Waals surface area contributed by atoms with E-state index in [4.69, 9.17) is 10.3 Å². The number of hydrogen-bond acceptors (Lipinski definition) is 5. The zero-order valence-corrected chi connectivity index (χ0v) is 7.42. The van der Waals surface area contributed by atoms with E-state index in [2.05, 4.69) is 15.4 Å². The smallest absolute Gasteiger partial charge is 0.128 e. The summed E-state index contributed by atoms with van der Waals surface area (Å²) in [6.45, 7) is 0. The number of nitrogens with one attached hydrogen (secondary N) is 1. The first-order valence-corrected chi connectivity index (χ1v) is 4.17. The third-order valence-corrected chi connectivity index (χ3v) is 1.89. The highest BCUT2D eigenvalue weighted by molar-refractivity contribution is 5.17. The van der Waals surface area contributed by atoms with Crippen LogP contribution in [0.4, 0.5) is 0 Å². The normalized spacial score (nSPS) is 12.6. The Bertz CT molecular complexity index is 373. The van der Waals surface area contributed by atoms with Gasteiger partial charge in [-0.15, -0.1) is 0 Å². The Hall–Kier alpha value is -1.72. The molecular weight excluding hydrogens is 180 g/mol. The molecule has 0 spiro atoms. The molecule has 2 heterocycles. The van der Waals surface area contributed by atoms with Crippen LogP contribution < -0.4 is 11.3 Å². The Morgan fingerprint density at radius 1 is 1.43 bits per heavy atom. The SMILES string of the molecule is NNC(c1ccncn1)c1ccco1. The van der Waals surface area contributed by atoms with E-state index in [0.717, 1.165) is 11.5 Å². The molecule has 0 bridgehead atoms.